The maximum atomic E-state index is 13.2. The van der Waals surface area contributed by atoms with E-state index in [1.54, 1.807) is 12.4 Å². The van der Waals surface area contributed by atoms with Crippen molar-refractivity contribution < 1.29 is 18.3 Å². The number of nitrogens with one attached hydrogen (secondary N) is 1. The van der Waals surface area contributed by atoms with Crippen LogP contribution in [-0.2, 0) is 17.5 Å². The quantitative estimate of drug-likeness (QED) is 0.575. The highest BCUT2D eigenvalue weighted by molar-refractivity contribution is 5.76. The van der Waals surface area contributed by atoms with Crippen molar-refractivity contribution in [1.82, 2.24) is 30.0 Å². The van der Waals surface area contributed by atoms with E-state index in [9.17, 15) is 13.6 Å². The summed E-state index contributed by atoms with van der Waals surface area (Å²) in [7, 11) is 0. The Kier molecular flexibility index (Phi) is 5.57. The molecule has 0 aliphatic carbocycles. The van der Waals surface area contributed by atoms with Crippen LogP contribution in [0.2, 0.25) is 0 Å². The summed E-state index contributed by atoms with van der Waals surface area (Å²) < 4.78 is 31.8. The summed E-state index contributed by atoms with van der Waals surface area (Å²) in [6, 6.07) is 7.06. The van der Waals surface area contributed by atoms with E-state index in [0.717, 1.165) is 30.6 Å². The molecule has 1 saturated heterocycles. The van der Waals surface area contributed by atoms with Gasteiger partial charge < -0.3 is 20.7 Å². The number of nitrogens with zero attached hydrogens (tertiary/aromatic N) is 5. The van der Waals surface area contributed by atoms with Crippen LogP contribution in [0, 0.1) is 0 Å². The topological polar surface area (TPSA) is 111 Å². The van der Waals surface area contributed by atoms with Crippen LogP contribution in [-0.4, -0.2) is 50.4 Å². The fraction of sp³-hybridized carbons (Fsp3) is 0.417. The Balaban J connectivity index is 1.34. The summed E-state index contributed by atoms with van der Waals surface area (Å²) in [4.78, 5) is 23.0. The molecule has 1 fully saturated rings. The molecule has 35 heavy (non-hydrogen) atoms. The van der Waals surface area contributed by atoms with Crippen molar-refractivity contribution >= 4 is 11.8 Å². The van der Waals surface area contributed by atoms with Crippen LogP contribution in [0.25, 0.3) is 11.3 Å². The van der Waals surface area contributed by atoms with Gasteiger partial charge >= 0.3 is 12.6 Å². The van der Waals surface area contributed by atoms with Crippen LogP contribution in [0.15, 0.2) is 42.9 Å². The second kappa shape index (κ2) is 8.47. The molecule has 3 aromatic heterocycles. The number of nitrogen functional groups attached to an aromatic ring is 1. The average Bonchev–Trinajstić information content (AvgIpc) is 3.52. The van der Waals surface area contributed by atoms with Crippen LogP contribution in [0.5, 0.6) is 5.75 Å². The average molecular weight is 484 g/mol. The zero-order valence-corrected chi connectivity index (χ0v) is 19.5. The number of hydrogen-bond acceptors (Lipinski definition) is 6. The van der Waals surface area contributed by atoms with Crippen LogP contribution in [0.4, 0.5) is 19.4 Å². The van der Waals surface area contributed by atoms with Crippen LogP contribution in [0.1, 0.15) is 37.9 Å². The first-order valence-electron chi connectivity index (χ1n) is 11.4. The van der Waals surface area contributed by atoms with Gasteiger partial charge in [-0.1, -0.05) is 0 Å². The zero-order valence-electron chi connectivity index (χ0n) is 19.5. The molecule has 1 unspecified atom stereocenters. The Morgan fingerprint density at radius 3 is 2.71 bits per heavy atom. The van der Waals surface area contributed by atoms with E-state index in [4.69, 9.17) is 5.73 Å². The number of carbonyl (C=O) groups is 1. The lowest BCUT2D eigenvalue weighted by Crippen LogP contribution is -2.48. The summed E-state index contributed by atoms with van der Waals surface area (Å²) in [6.45, 7) is 2.87. The number of hydrogen-bond donors (Lipinski definition) is 2. The number of carbonyl (C=O) groups excluding carboxylic acids is 1. The van der Waals surface area contributed by atoms with Gasteiger partial charge in [-0.25, -0.2) is 9.78 Å². The van der Waals surface area contributed by atoms with Gasteiger partial charge in [0.15, 0.2) is 11.6 Å². The molecular weight excluding hydrogens is 456 g/mol. The third-order valence-electron chi connectivity index (χ3n) is 6.98. The number of amides is 2. The molecule has 9 nitrogen and oxygen atoms in total. The Morgan fingerprint density at radius 2 is 1.97 bits per heavy atom. The standard InChI is InChI=1S/C24H27F2N7O2/c1-23(2,16-3-7-28-8-4-16)30-22(34)32-9-5-24(14-32)6-10-33-19(24)12-17(31-33)15-11-18(35-21(25)26)20(27)29-13-15/h3-4,7-8,11-13,21H,5-6,9-10,14H2,1-2H3,(H2,27,29)(H,30,34). The van der Waals surface area contributed by atoms with Gasteiger partial charge in [0.1, 0.15) is 0 Å². The number of likely N-dealkylation sites (tertiary alicyclic amines) is 1. The summed E-state index contributed by atoms with van der Waals surface area (Å²) in [5, 5.41) is 7.81. The minimum Gasteiger partial charge on any atom is -0.431 e. The molecule has 5 heterocycles. The monoisotopic (exact) mass is 483 g/mol. The highest BCUT2D eigenvalue weighted by Gasteiger charge is 2.47. The van der Waals surface area contributed by atoms with Crippen LogP contribution < -0.4 is 15.8 Å². The Hall–Kier alpha value is -3.76. The van der Waals surface area contributed by atoms with Gasteiger partial charge in [0.25, 0.3) is 0 Å². The highest BCUT2D eigenvalue weighted by atomic mass is 19.3. The minimum absolute atomic E-state index is 0.107. The van der Waals surface area contributed by atoms with E-state index in [1.807, 2.05) is 41.6 Å². The molecule has 3 aromatic rings. The lowest BCUT2D eigenvalue weighted by atomic mass is 9.82. The second-order valence-electron chi connectivity index (χ2n) is 9.62. The Morgan fingerprint density at radius 1 is 1.23 bits per heavy atom. The summed E-state index contributed by atoms with van der Waals surface area (Å²) >= 11 is 0. The van der Waals surface area contributed by atoms with Gasteiger partial charge in [-0.3, -0.25) is 9.67 Å². The summed E-state index contributed by atoms with van der Waals surface area (Å²) in [6.07, 6.45) is 6.62. The number of fused-ring (bicyclic) bond motifs is 2. The molecule has 2 aliphatic rings. The number of alkyl halides is 2. The van der Waals surface area contributed by atoms with Crippen molar-refractivity contribution in [2.24, 2.45) is 0 Å². The van der Waals surface area contributed by atoms with E-state index in [-0.39, 0.29) is 23.0 Å². The van der Waals surface area contributed by atoms with Crippen molar-refractivity contribution in [3.05, 3.63) is 54.1 Å². The SMILES string of the molecule is CC(C)(NC(=O)N1CCC2(CCn3nc(-c4cnc(N)c(OC(F)F)c4)cc32)C1)c1ccncc1. The van der Waals surface area contributed by atoms with Gasteiger partial charge in [-0.2, -0.15) is 13.9 Å². The van der Waals surface area contributed by atoms with Crippen molar-refractivity contribution in [3.63, 3.8) is 0 Å². The largest absolute Gasteiger partial charge is 0.431 e. The maximum Gasteiger partial charge on any atom is 0.387 e. The first-order valence-corrected chi connectivity index (χ1v) is 11.4. The molecule has 0 aromatic carbocycles. The van der Waals surface area contributed by atoms with Gasteiger partial charge in [-0.05, 0) is 56.5 Å². The Labute approximate surface area is 201 Å². The molecule has 11 heteroatoms. The highest BCUT2D eigenvalue weighted by Crippen LogP contribution is 2.44. The molecular formula is C24H27F2N7O2. The normalized spacial score (nSPS) is 19.4. The maximum absolute atomic E-state index is 13.2. The number of nitrogens with two attached hydrogens (primary N) is 1. The number of ether oxygens (including phenoxy) is 1. The van der Waals surface area contributed by atoms with Crippen molar-refractivity contribution in [1.29, 1.82) is 0 Å². The van der Waals surface area contributed by atoms with Crippen LogP contribution in [0.3, 0.4) is 0 Å². The third kappa shape index (κ3) is 4.26. The zero-order chi connectivity index (χ0) is 24.8. The van der Waals surface area contributed by atoms with E-state index in [0.29, 0.717) is 24.3 Å². The fourth-order valence-electron chi connectivity index (χ4n) is 5.03. The van der Waals surface area contributed by atoms with E-state index >= 15 is 0 Å². The first-order chi connectivity index (χ1) is 16.7. The third-order valence-corrected chi connectivity index (χ3v) is 6.98. The lowest BCUT2D eigenvalue weighted by molar-refractivity contribution is -0.0494. The Bertz CT molecular complexity index is 1250. The van der Waals surface area contributed by atoms with Gasteiger partial charge in [0, 0.05) is 54.9 Å². The van der Waals surface area contributed by atoms with Crippen molar-refractivity contribution in [3.8, 4) is 17.0 Å². The molecule has 1 atom stereocenters. The minimum atomic E-state index is -3.00. The molecule has 2 amide bonds. The molecule has 2 aliphatic heterocycles. The summed E-state index contributed by atoms with van der Waals surface area (Å²) in [5.74, 6) is -0.287. The molecule has 0 saturated carbocycles. The van der Waals surface area contributed by atoms with Gasteiger partial charge in [0.05, 0.1) is 11.2 Å². The van der Waals surface area contributed by atoms with Gasteiger partial charge in [-0.15, -0.1) is 0 Å². The van der Waals surface area contributed by atoms with Crippen molar-refractivity contribution in [2.75, 3.05) is 18.8 Å². The summed E-state index contributed by atoms with van der Waals surface area (Å²) in [5.41, 5.74) is 8.08. The number of anilines is 1. The molecule has 0 bridgehead atoms. The fourth-order valence-corrected chi connectivity index (χ4v) is 5.03. The first kappa shape index (κ1) is 23.0. The number of urea groups is 1. The number of rotatable bonds is 5. The van der Waals surface area contributed by atoms with Crippen molar-refractivity contribution in [2.45, 2.75) is 50.8 Å². The van der Waals surface area contributed by atoms with E-state index in [1.165, 1.54) is 12.3 Å². The number of pyridine rings is 2. The predicted molar refractivity (Wildman–Crippen MR) is 125 cm³/mol. The van der Waals surface area contributed by atoms with Crippen LogP contribution >= 0.6 is 0 Å². The number of halogens is 2. The number of aryl methyl sites for hydroxylation is 1. The molecule has 184 valence electrons. The second-order valence-corrected chi connectivity index (χ2v) is 9.62. The predicted octanol–water partition coefficient (Wildman–Crippen LogP) is 3.52. The lowest BCUT2D eigenvalue weighted by Gasteiger charge is -2.30. The van der Waals surface area contributed by atoms with Gasteiger partial charge in [0.2, 0.25) is 0 Å². The molecule has 1 spiro atoms. The molecule has 5 rings (SSSR count). The molecule has 0 radical (unpaired) electrons. The smallest absolute Gasteiger partial charge is 0.387 e. The molecule has 3 N–H and O–H groups in total. The van der Waals surface area contributed by atoms with E-state index in [2.05, 4.69) is 25.1 Å². The van der Waals surface area contributed by atoms with E-state index < -0.39 is 12.2 Å². The number of aromatic nitrogens is 4.